The first-order valence-corrected chi connectivity index (χ1v) is 6.72. The molecule has 0 aliphatic heterocycles. The van der Waals surface area contributed by atoms with Gasteiger partial charge in [-0.25, -0.2) is 9.37 Å². The van der Waals surface area contributed by atoms with E-state index >= 15 is 0 Å². The zero-order chi connectivity index (χ0) is 15.0. The van der Waals surface area contributed by atoms with Gasteiger partial charge in [0.15, 0.2) is 11.5 Å². The highest BCUT2D eigenvalue weighted by atomic mass is 19.1. The van der Waals surface area contributed by atoms with Crippen molar-refractivity contribution in [3.05, 3.63) is 59.2 Å². The Kier molecular flexibility index (Phi) is 3.19. The Labute approximate surface area is 122 Å². The first-order valence-electron chi connectivity index (χ1n) is 6.72. The average molecular weight is 279 g/mol. The molecule has 0 spiro atoms. The number of nitrogens with zero attached hydrogens (tertiary/aromatic N) is 3. The highest BCUT2D eigenvalue weighted by molar-refractivity contribution is 5.70. The van der Waals surface area contributed by atoms with Gasteiger partial charge in [0.2, 0.25) is 0 Å². The summed E-state index contributed by atoms with van der Waals surface area (Å²) in [5.41, 5.74) is 4.83. The molecule has 0 aliphatic rings. The predicted molar refractivity (Wildman–Crippen MR) is 79.4 cm³/mol. The molecule has 4 heteroatoms. The third-order valence-electron chi connectivity index (χ3n) is 3.58. The van der Waals surface area contributed by atoms with Crippen molar-refractivity contribution in [2.45, 2.75) is 20.3 Å². The van der Waals surface area contributed by atoms with Crippen LogP contribution in [0, 0.1) is 31.0 Å². The van der Waals surface area contributed by atoms with Crippen LogP contribution in [0.2, 0.25) is 0 Å². The minimum atomic E-state index is -0.382. The van der Waals surface area contributed by atoms with Crippen molar-refractivity contribution in [1.82, 2.24) is 9.38 Å². The Bertz CT molecular complexity index is 872. The number of halogens is 1. The van der Waals surface area contributed by atoms with Crippen molar-refractivity contribution in [2.24, 2.45) is 0 Å². The van der Waals surface area contributed by atoms with Crippen LogP contribution in [0.15, 0.2) is 36.5 Å². The maximum Gasteiger partial charge on any atom is 0.174 e. The molecule has 21 heavy (non-hydrogen) atoms. The number of aromatic nitrogens is 2. The molecule has 0 saturated heterocycles. The minimum Gasteiger partial charge on any atom is -0.300 e. The maximum atomic E-state index is 13.9. The largest absolute Gasteiger partial charge is 0.300 e. The third-order valence-corrected chi connectivity index (χ3v) is 3.58. The monoisotopic (exact) mass is 279 g/mol. The van der Waals surface area contributed by atoms with Crippen LogP contribution in [-0.2, 0) is 6.42 Å². The number of aryl methyl sites for hydroxylation is 2. The van der Waals surface area contributed by atoms with Gasteiger partial charge in [-0.2, -0.15) is 5.26 Å². The molecule has 0 fully saturated rings. The smallest absolute Gasteiger partial charge is 0.174 e. The summed E-state index contributed by atoms with van der Waals surface area (Å²) in [5.74, 6) is -0.382. The lowest BCUT2D eigenvalue weighted by atomic mass is 10.0. The van der Waals surface area contributed by atoms with Crippen LogP contribution in [0.1, 0.15) is 16.8 Å². The van der Waals surface area contributed by atoms with Gasteiger partial charge >= 0.3 is 0 Å². The number of fused-ring (bicyclic) bond motifs is 1. The lowest BCUT2D eigenvalue weighted by Crippen LogP contribution is -1.95. The molecule has 0 atom stereocenters. The first-order chi connectivity index (χ1) is 10.1. The molecular formula is C17H14FN3. The van der Waals surface area contributed by atoms with Crippen LogP contribution in [0.5, 0.6) is 0 Å². The normalized spacial score (nSPS) is 10.8. The molecule has 0 aliphatic carbocycles. The number of rotatable bonds is 2. The zero-order valence-electron chi connectivity index (χ0n) is 11.9. The van der Waals surface area contributed by atoms with Crippen LogP contribution < -0.4 is 0 Å². The van der Waals surface area contributed by atoms with Gasteiger partial charge in [-0.3, -0.25) is 4.40 Å². The van der Waals surface area contributed by atoms with Crippen molar-refractivity contribution < 1.29 is 4.39 Å². The van der Waals surface area contributed by atoms with E-state index in [-0.39, 0.29) is 17.9 Å². The highest BCUT2D eigenvalue weighted by Gasteiger charge is 2.17. The van der Waals surface area contributed by atoms with E-state index in [1.165, 1.54) is 6.07 Å². The van der Waals surface area contributed by atoms with Crippen molar-refractivity contribution >= 4 is 5.65 Å². The topological polar surface area (TPSA) is 41.1 Å². The molecule has 3 rings (SSSR count). The molecule has 0 amide bonds. The quantitative estimate of drug-likeness (QED) is 0.715. The van der Waals surface area contributed by atoms with Crippen molar-refractivity contribution in [1.29, 1.82) is 5.26 Å². The second kappa shape index (κ2) is 5.02. The Morgan fingerprint density at radius 1 is 1.29 bits per heavy atom. The summed E-state index contributed by atoms with van der Waals surface area (Å²) in [6.07, 6.45) is 1.93. The van der Waals surface area contributed by atoms with Gasteiger partial charge in [-0.15, -0.1) is 0 Å². The zero-order valence-corrected chi connectivity index (χ0v) is 11.9. The van der Waals surface area contributed by atoms with Gasteiger partial charge in [0, 0.05) is 11.8 Å². The summed E-state index contributed by atoms with van der Waals surface area (Å²) in [6.45, 7) is 4.02. The van der Waals surface area contributed by atoms with Crippen molar-refractivity contribution in [3.63, 3.8) is 0 Å². The number of pyridine rings is 1. The van der Waals surface area contributed by atoms with Gasteiger partial charge < -0.3 is 0 Å². The molecule has 0 N–H and O–H groups in total. The molecule has 0 unspecified atom stereocenters. The lowest BCUT2D eigenvalue weighted by Gasteiger charge is -2.06. The van der Waals surface area contributed by atoms with E-state index in [1.54, 1.807) is 16.7 Å². The molecule has 0 radical (unpaired) electrons. The van der Waals surface area contributed by atoms with E-state index in [9.17, 15) is 4.39 Å². The second-order valence-electron chi connectivity index (χ2n) is 5.11. The molecule has 1 aromatic carbocycles. The Morgan fingerprint density at radius 3 is 2.81 bits per heavy atom. The average Bonchev–Trinajstić information content (AvgIpc) is 2.80. The third kappa shape index (κ3) is 2.17. The fourth-order valence-electron chi connectivity index (χ4n) is 2.62. The SMILES string of the molecule is Cc1ccc(-c2nc3c(F)cccn3c2CC#N)c(C)c1. The number of benzene rings is 1. The minimum absolute atomic E-state index is 0.188. The van der Waals surface area contributed by atoms with Crippen LogP contribution in [0.4, 0.5) is 4.39 Å². The molecule has 2 heterocycles. The first kappa shape index (κ1) is 13.3. The molecule has 3 aromatic rings. The molecular weight excluding hydrogens is 265 g/mol. The standard InChI is InChI=1S/C17H14FN3/c1-11-5-6-13(12(2)10-11)16-15(7-8-19)21-9-3-4-14(18)17(21)20-16/h3-6,9-10H,7H2,1-2H3. The molecule has 0 bridgehead atoms. The summed E-state index contributed by atoms with van der Waals surface area (Å²) in [6, 6.07) is 11.2. The van der Waals surface area contributed by atoms with Crippen LogP contribution >= 0.6 is 0 Å². The summed E-state index contributed by atoms with van der Waals surface area (Å²) >= 11 is 0. The lowest BCUT2D eigenvalue weighted by molar-refractivity contribution is 0.629. The summed E-state index contributed by atoms with van der Waals surface area (Å²) in [5, 5.41) is 9.07. The van der Waals surface area contributed by atoms with Crippen LogP contribution in [0.25, 0.3) is 16.9 Å². The highest BCUT2D eigenvalue weighted by Crippen LogP contribution is 2.29. The fourth-order valence-corrected chi connectivity index (χ4v) is 2.62. The maximum absolute atomic E-state index is 13.9. The Morgan fingerprint density at radius 2 is 2.10 bits per heavy atom. The second-order valence-corrected chi connectivity index (χ2v) is 5.11. The molecule has 0 saturated carbocycles. The van der Waals surface area contributed by atoms with Crippen LogP contribution in [-0.4, -0.2) is 9.38 Å². The molecule has 2 aromatic heterocycles. The number of imidazole rings is 1. The van der Waals surface area contributed by atoms with Gasteiger partial charge in [0.05, 0.1) is 23.9 Å². The number of nitriles is 1. The van der Waals surface area contributed by atoms with E-state index in [2.05, 4.69) is 17.1 Å². The van der Waals surface area contributed by atoms with E-state index in [0.717, 1.165) is 22.4 Å². The predicted octanol–water partition coefficient (Wildman–Crippen LogP) is 3.82. The van der Waals surface area contributed by atoms with E-state index in [1.807, 2.05) is 26.0 Å². The van der Waals surface area contributed by atoms with Crippen LogP contribution in [0.3, 0.4) is 0 Å². The Balaban J connectivity index is 2.34. The van der Waals surface area contributed by atoms with Crippen molar-refractivity contribution in [2.75, 3.05) is 0 Å². The summed E-state index contributed by atoms with van der Waals surface area (Å²) < 4.78 is 15.6. The van der Waals surface area contributed by atoms with E-state index in [4.69, 9.17) is 5.26 Å². The summed E-state index contributed by atoms with van der Waals surface area (Å²) in [7, 11) is 0. The van der Waals surface area contributed by atoms with Crippen molar-refractivity contribution in [3.8, 4) is 17.3 Å². The number of hydrogen-bond acceptors (Lipinski definition) is 2. The fraction of sp³-hybridized carbons (Fsp3) is 0.176. The van der Waals surface area contributed by atoms with E-state index in [0.29, 0.717) is 5.69 Å². The number of hydrogen-bond donors (Lipinski definition) is 0. The molecule has 104 valence electrons. The Hall–Kier alpha value is -2.67. The summed E-state index contributed by atoms with van der Waals surface area (Å²) in [4.78, 5) is 4.43. The van der Waals surface area contributed by atoms with Gasteiger partial charge in [-0.1, -0.05) is 23.8 Å². The van der Waals surface area contributed by atoms with Gasteiger partial charge in [0.25, 0.3) is 0 Å². The molecule has 3 nitrogen and oxygen atoms in total. The van der Waals surface area contributed by atoms with E-state index < -0.39 is 0 Å². The van der Waals surface area contributed by atoms with Gasteiger partial charge in [0.1, 0.15) is 0 Å². The van der Waals surface area contributed by atoms with Gasteiger partial charge in [-0.05, 0) is 31.5 Å².